The number of amides is 1. The van der Waals surface area contributed by atoms with Gasteiger partial charge in [0.25, 0.3) is 0 Å². The third-order valence-corrected chi connectivity index (χ3v) is 4.48. The molecule has 1 aliphatic carbocycles. The summed E-state index contributed by atoms with van der Waals surface area (Å²) in [7, 11) is 0. The number of halogens is 2. The molecule has 18 heavy (non-hydrogen) atoms. The molecule has 3 N–H and O–H groups in total. The summed E-state index contributed by atoms with van der Waals surface area (Å²) < 4.78 is 13.6. The molecule has 0 atom stereocenters. The molecule has 0 heterocycles. The maximum atomic E-state index is 12.9. The van der Waals surface area contributed by atoms with Gasteiger partial charge in [-0.3, -0.25) is 4.79 Å². The van der Waals surface area contributed by atoms with Gasteiger partial charge < -0.3 is 11.1 Å². The van der Waals surface area contributed by atoms with E-state index in [2.05, 4.69) is 5.32 Å². The number of nitrogens with two attached hydrogens (primary N) is 1. The number of hydrogen-bond donors (Lipinski definition) is 2. The third kappa shape index (κ3) is 3.00. The standard InChI is InChI=1S/C13H16FIN2O/c14-9-2-3-11(10(15)6-9)17-12(18)7-13(8-16)4-1-5-13/h2-3,6H,1,4-5,7-8,16H2,(H,17,18). The molecule has 2 rings (SSSR count). The van der Waals surface area contributed by atoms with Crippen LogP contribution >= 0.6 is 22.6 Å². The predicted octanol–water partition coefficient (Wildman–Crippen LogP) is 2.89. The average molecular weight is 362 g/mol. The van der Waals surface area contributed by atoms with E-state index in [1.807, 2.05) is 22.6 Å². The van der Waals surface area contributed by atoms with Crippen molar-refractivity contribution in [2.24, 2.45) is 11.1 Å². The Labute approximate surface area is 119 Å². The Kier molecular flexibility index (Phi) is 4.21. The Morgan fingerprint density at radius 2 is 2.22 bits per heavy atom. The summed E-state index contributed by atoms with van der Waals surface area (Å²) >= 11 is 2.01. The Balaban J connectivity index is 1.98. The van der Waals surface area contributed by atoms with Gasteiger partial charge in [0, 0.05) is 9.99 Å². The van der Waals surface area contributed by atoms with Crippen molar-refractivity contribution in [1.82, 2.24) is 0 Å². The second-order valence-electron chi connectivity index (χ2n) is 4.91. The van der Waals surface area contributed by atoms with Crippen LogP contribution < -0.4 is 11.1 Å². The molecule has 3 nitrogen and oxygen atoms in total. The van der Waals surface area contributed by atoms with Gasteiger partial charge in [0.05, 0.1) is 5.69 Å². The minimum atomic E-state index is -0.296. The van der Waals surface area contributed by atoms with Gasteiger partial charge in [-0.1, -0.05) is 6.42 Å². The van der Waals surface area contributed by atoms with E-state index in [-0.39, 0.29) is 17.1 Å². The number of rotatable bonds is 4. The van der Waals surface area contributed by atoms with Crippen molar-refractivity contribution in [2.75, 3.05) is 11.9 Å². The zero-order valence-corrected chi connectivity index (χ0v) is 12.2. The minimum Gasteiger partial charge on any atom is -0.330 e. The van der Waals surface area contributed by atoms with Crippen molar-refractivity contribution < 1.29 is 9.18 Å². The summed E-state index contributed by atoms with van der Waals surface area (Å²) in [6, 6.07) is 4.34. The van der Waals surface area contributed by atoms with Crippen LogP contribution in [0.4, 0.5) is 10.1 Å². The molecule has 0 unspecified atom stereocenters. The monoisotopic (exact) mass is 362 g/mol. The SMILES string of the molecule is NCC1(CC(=O)Nc2ccc(F)cc2I)CCC1. The van der Waals surface area contributed by atoms with Crippen molar-refractivity contribution in [1.29, 1.82) is 0 Å². The lowest BCUT2D eigenvalue weighted by Gasteiger charge is -2.40. The quantitative estimate of drug-likeness (QED) is 0.810. The van der Waals surface area contributed by atoms with E-state index in [4.69, 9.17) is 5.73 Å². The lowest BCUT2D eigenvalue weighted by molar-refractivity contribution is -0.119. The van der Waals surface area contributed by atoms with Crippen molar-refractivity contribution in [2.45, 2.75) is 25.7 Å². The normalized spacial score (nSPS) is 17.1. The predicted molar refractivity (Wildman–Crippen MR) is 77.7 cm³/mol. The Morgan fingerprint density at radius 1 is 1.50 bits per heavy atom. The minimum absolute atomic E-state index is 0.00441. The van der Waals surface area contributed by atoms with Gasteiger partial charge in [0.2, 0.25) is 5.91 Å². The van der Waals surface area contributed by atoms with Gasteiger partial charge in [-0.15, -0.1) is 0 Å². The number of hydrogen-bond acceptors (Lipinski definition) is 2. The molecule has 0 bridgehead atoms. The zero-order valence-electron chi connectivity index (χ0n) is 10.0. The molecule has 98 valence electrons. The number of carbonyl (C=O) groups excluding carboxylic acids is 1. The van der Waals surface area contributed by atoms with E-state index in [9.17, 15) is 9.18 Å². The molecule has 1 aromatic carbocycles. The summed E-state index contributed by atoms with van der Waals surface area (Å²) in [5, 5.41) is 2.83. The van der Waals surface area contributed by atoms with Gasteiger partial charge in [0.1, 0.15) is 5.82 Å². The Morgan fingerprint density at radius 3 is 2.72 bits per heavy atom. The first-order valence-corrected chi connectivity index (χ1v) is 7.07. The second-order valence-corrected chi connectivity index (χ2v) is 6.07. The van der Waals surface area contributed by atoms with Gasteiger partial charge in [0.15, 0.2) is 0 Å². The molecule has 0 radical (unpaired) electrons. The van der Waals surface area contributed by atoms with Crippen molar-refractivity contribution in [3.8, 4) is 0 Å². The highest BCUT2D eigenvalue weighted by Crippen LogP contribution is 2.43. The summed E-state index contributed by atoms with van der Waals surface area (Å²) in [5.41, 5.74) is 6.39. The van der Waals surface area contributed by atoms with Crippen LogP contribution in [-0.4, -0.2) is 12.5 Å². The van der Waals surface area contributed by atoms with Crippen LogP contribution in [-0.2, 0) is 4.79 Å². The lowest BCUT2D eigenvalue weighted by atomic mass is 9.66. The number of anilines is 1. The lowest BCUT2D eigenvalue weighted by Crippen LogP contribution is -2.40. The molecule has 0 spiro atoms. The molecule has 1 aromatic rings. The van der Waals surface area contributed by atoms with Crippen LogP contribution in [0.15, 0.2) is 18.2 Å². The molecule has 0 aliphatic heterocycles. The van der Waals surface area contributed by atoms with Crippen LogP contribution in [0.3, 0.4) is 0 Å². The Bertz CT molecular complexity index is 455. The largest absolute Gasteiger partial charge is 0.330 e. The number of benzene rings is 1. The third-order valence-electron chi connectivity index (χ3n) is 3.59. The smallest absolute Gasteiger partial charge is 0.225 e. The number of carbonyl (C=O) groups is 1. The highest BCUT2D eigenvalue weighted by molar-refractivity contribution is 14.1. The van der Waals surface area contributed by atoms with Gasteiger partial charge in [-0.2, -0.15) is 0 Å². The topological polar surface area (TPSA) is 55.1 Å². The van der Waals surface area contributed by atoms with E-state index in [1.165, 1.54) is 12.1 Å². The molecule has 1 aliphatic rings. The first-order chi connectivity index (χ1) is 8.54. The maximum Gasteiger partial charge on any atom is 0.225 e. The van der Waals surface area contributed by atoms with Crippen LogP contribution in [0, 0.1) is 14.8 Å². The van der Waals surface area contributed by atoms with Crippen LogP contribution in [0.2, 0.25) is 0 Å². The van der Waals surface area contributed by atoms with Crippen molar-refractivity contribution >= 4 is 34.2 Å². The molecular weight excluding hydrogens is 346 g/mol. The molecule has 1 fully saturated rings. The van der Waals surface area contributed by atoms with E-state index in [0.29, 0.717) is 22.2 Å². The highest BCUT2D eigenvalue weighted by Gasteiger charge is 2.37. The molecule has 1 amide bonds. The number of nitrogens with one attached hydrogen (secondary N) is 1. The fraction of sp³-hybridized carbons (Fsp3) is 0.462. The van der Waals surface area contributed by atoms with Gasteiger partial charge in [-0.05, 0) is 65.6 Å². The van der Waals surface area contributed by atoms with E-state index < -0.39 is 0 Å². The van der Waals surface area contributed by atoms with Crippen LogP contribution in [0.1, 0.15) is 25.7 Å². The van der Waals surface area contributed by atoms with Crippen LogP contribution in [0.25, 0.3) is 0 Å². The fourth-order valence-electron chi connectivity index (χ4n) is 2.26. The van der Waals surface area contributed by atoms with Gasteiger partial charge in [-0.25, -0.2) is 4.39 Å². The van der Waals surface area contributed by atoms with E-state index in [1.54, 1.807) is 6.07 Å². The van der Waals surface area contributed by atoms with Crippen molar-refractivity contribution in [3.63, 3.8) is 0 Å². The Hall–Kier alpha value is -0.690. The first-order valence-electron chi connectivity index (χ1n) is 6.00. The first kappa shape index (κ1) is 13.7. The van der Waals surface area contributed by atoms with Crippen LogP contribution in [0.5, 0.6) is 0 Å². The van der Waals surface area contributed by atoms with Crippen molar-refractivity contribution in [3.05, 3.63) is 27.6 Å². The summed E-state index contributed by atoms with van der Waals surface area (Å²) in [5.74, 6) is -0.334. The average Bonchev–Trinajstić information content (AvgIpc) is 2.27. The summed E-state index contributed by atoms with van der Waals surface area (Å²) in [4.78, 5) is 12.0. The molecule has 0 saturated heterocycles. The molecule has 5 heteroatoms. The second kappa shape index (κ2) is 5.52. The van der Waals surface area contributed by atoms with E-state index in [0.717, 1.165) is 19.3 Å². The maximum absolute atomic E-state index is 12.9. The molecular formula is C13H16FIN2O. The van der Waals surface area contributed by atoms with Gasteiger partial charge >= 0.3 is 0 Å². The molecule has 1 saturated carbocycles. The molecule has 0 aromatic heterocycles. The summed E-state index contributed by atoms with van der Waals surface area (Å²) in [6.07, 6.45) is 3.66. The highest BCUT2D eigenvalue weighted by atomic mass is 127. The van der Waals surface area contributed by atoms with E-state index >= 15 is 0 Å². The fourth-order valence-corrected chi connectivity index (χ4v) is 2.87. The zero-order chi connectivity index (χ0) is 13.2. The summed E-state index contributed by atoms with van der Waals surface area (Å²) in [6.45, 7) is 0.556.